The molecule has 6 heteroatoms. The van der Waals surface area contributed by atoms with E-state index >= 15 is 0 Å². The lowest BCUT2D eigenvalue weighted by molar-refractivity contribution is -0.118. The van der Waals surface area contributed by atoms with E-state index in [0.29, 0.717) is 17.1 Å². The zero-order valence-electron chi connectivity index (χ0n) is 13.4. The van der Waals surface area contributed by atoms with Crippen molar-refractivity contribution in [1.29, 1.82) is 5.26 Å². The van der Waals surface area contributed by atoms with E-state index < -0.39 is 0 Å². The van der Waals surface area contributed by atoms with Crippen LogP contribution in [0, 0.1) is 32.1 Å². The highest BCUT2D eigenvalue weighted by molar-refractivity contribution is 8.00. The SMILES string of the molecule is Cc1nc(SCC(=O)NCc2ccccn2)c(C#N)c(C)c1C. The Hall–Kier alpha value is -2.39. The zero-order chi connectivity index (χ0) is 16.8. The molecule has 0 bridgehead atoms. The highest BCUT2D eigenvalue weighted by atomic mass is 32.2. The van der Waals surface area contributed by atoms with Gasteiger partial charge in [0, 0.05) is 11.9 Å². The second-order valence-electron chi connectivity index (χ2n) is 5.13. The van der Waals surface area contributed by atoms with Crippen LogP contribution in [0.3, 0.4) is 0 Å². The first-order valence-corrected chi connectivity index (χ1v) is 8.18. The fourth-order valence-electron chi connectivity index (χ4n) is 2.02. The Labute approximate surface area is 140 Å². The van der Waals surface area contributed by atoms with Crippen LogP contribution in [0.4, 0.5) is 0 Å². The smallest absolute Gasteiger partial charge is 0.230 e. The summed E-state index contributed by atoms with van der Waals surface area (Å²) in [6.45, 7) is 6.17. The molecule has 2 aromatic rings. The third kappa shape index (κ3) is 4.30. The van der Waals surface area contributed by atoms with Crippen molar-refractivity contribution >= 4 is 17.7 Å². The van der Waals surface area contributed by atoms with Gasteiger partial charge in [0.2, 0.25) is 5.91 Å². The quantitative estimate of drug-likeness (QED) is 0.855. The number of hydrogen-bond acceptors (Lipinski definition) is 5. The predicted octanol–water partition coefficient (Wildman–Crippen LogP) is 2.68. The van der Waals surface area contributed by atoms with Crippen molar-refractivity contribution in [3.8, 4) is 6.07 Å². The molecule has 23 heavy (non-hydrogen) atoms. The second kappa shape index (κ2) is 7.75. The van der Waals surface area contributed by atoms with Crippen LogP contribution >= 0.6 is 11.8 Å². The van der Waals surface area contributed by atoms with Crippen LogP contribution < -0.4 is 5.32 Å². The van der Waals surface area contributed by atoms with E-state index in [1.54, 1.807) is 6.20 Å². The van der Waals surface area contributed by atoms with Crippen molar-refractivity contribution in [3.05, 3.63) is 52.5 Å². The molecule has 0 aliphatic heterocycles. The lowest BCUT2D eigenvalue weighted by Crippen LogP contribution is -2.25. The third-order valence-corrected chi connectivity index (χ3v) is 4.58. The summed E-state index contributed by atoms with van der Waals surface area (Å²) in [7, 11) is 0. The predicted molar refractivity (Wildman–Crippen MR) is 90.0 cm³/mol. The summed E-state index contributed by atoms with van der Waals surface area (Å²) in [5.41, 5.74) is 4.19. The fraction of sp³-hybridized carbons (Fsp3) is 0.294. The molecule has 0 saturated carbocycles. The number of rotatable bonds is 5. The van der Waals surface area contributed by atoms with E-state index in [9.17, 15) is 10.1 Å². The molecule has 5 nitrogen and oxygen atoms in total. The molecular formula is C17H18N4OS. The molecule has 0 unspecified atom stereocenters. The van der Waals surface area contributed by atoms with Crippen molar-refractivity contribution in [1.82, 2.24) is 15.3 Å². The number of aromatic nitrogens is 2. The molecule has 0 atom stereocenters. The highest BCUT2D eigenvalue weighted by Crippen LogP contribution is 2.26. The van der Waals surface area contributed by atoms with Gasteiger partial charge in [0.25, 0.3) is 0 Å². The van der Waals surface area contributed by atoms with Crippen molar-refractivity contribution in [2.75, 3.05) is 5.75 Å². The Bertz CT molecular complexity index is 753. The molecule has 0 saturated heterocycles. The number of nitriles is 1. The summed E-state index contributed by atoms with van der Waals surface area (Å²) in [6.07, 6.45) is 1.69. The number of carbonyl (C=O) groups excluding carboxylic acids is 1. The first-order chi connectivity index (χ1) is 11.0. The van der Waals surface area contributed by atoms with Gasteiger partial charge in [-0.25, -0.2) is 4.98 Å². The summed E-state index contributed by atoms with van der Waals surface area (Å²) in [5.74, 6) is 0.110. The van der Waals surface area contributed by atoms with Crippen molar-refractivity contribution in [3.63, 3.8) is 0 Å². The number of aryl methyl sites for hydroxylation is 1. The maximum absolute atomic E-state index is 12.0. The van der Waals surface area contributed by atoms with E-state index in [-0.39, 0.29) is 11.7 Å². The van der Waals surface area contributed by atoms with E-state index in [1.807, 2.05) is 39.0 Å². The number of carbonyl (C=O) groups is 1. The van der Waals surface area contributed by atoms with Gasteiger partial charge in [-0.15, -0.1) is 0 Å². The molecular weight excluding hydrogens is 308 g/mol. The van der Waals surface area contributed by atoms with Gasteiger partial charge in [0.05, 0.1) is 23.6 Å². The van der Waals surface area contributed by atoms with E-state index in [4.69, 9.17) is 0 Å². The third-order valence-electron chi connectivity index (χ3n) is 3.61. The lowest BCUT2D eigenvalue weighted by atomic mass is 10.1. The molecule has 0 aromatic carbocycles. The monoisotopic (exact) mass is 326 g/mol. The summed E-state index contributed by atoms with van der Waals surface area (Å²) >= 11 is 1.29. The molecule has 2 rings (SSSR count). The average Bonchev–Trinajstić information content (AvgIpc) is 2.57. The number of amides is 1. The standard InChI is InChI=1S/C17H18N4OS/c1-11-12(2)15(8-18)17(21-13(11)3)23-10-16(22)20-9-14-6-4-5-7-19-14/h4-7H,9-10H2,1-3H3,(H,20,22). The Kier molecular flexibility index (Phi) is 5.72. The number of nitrogens with one attached hydrogen (secondary N) is 1. The maximum Gasteiger partial charge on any atom is 0.230 e. The Balaban J connectivity index is 1.98. The van der Waals surface area contributed by atoms with Gasteiger partial charge in [-0.2, -0.15) is 5.26 Å². The summed E-state index contributed by atoms with van der Waals surface area (Å²) in [5, 5.41) is 12.7. The maximum atomic E-state index is 12.0. The Morgan fingerprint density at radius 2 is 2.09 bits per heavy atom. The van der Waals surface area contributed by atoms with E-state index in [2.05, 4.69) is 21.4 Å². The molecule has 0 fully saturated rings. The van der Waals surface area contributed by atoms with E-state index in [1.165, 1.54) is 11.8 Å². The number of thioether (sulfide) groups is 1. The van der Waals surface area contributed by atoms with Crippen LogP contribution in [0.25, 0.3) is 0 Å². The first kappa shape index (κ1) is 17.0. The fourth-order valence-corrected chi connectivity index (χ4v) is 2.94. The molecule has 0 spiro atoms. The van der Waals surface area contributed by atoms with Crippen LogP contribution in [0.2, 0.25) is 0 Å². The highest BCUT2D eigenvalue weighted by Gasteiger charge is 2.14. The van der Waals surface area contributed by atoms with Gasteiger partial charge in [-0.05, 0) is 44.0 Å². The Morgan fingerprint density at radius 3 is 2.74 bits per heavy atom. The van der Waals surface area contributed by atoms with Gasteiger partial charge in [-0.1, -0.05) is 17.8 Å². The van der Waals surface area contributed by atoms with Gasteiger partial charge >= 0.3 is 0 Å². The molecule has 0 radical (unpaired) electrons. The number of hydrogen-bond donors (Lipinski definition) is 1. The Morgan fingerprint density at radius 1 is 1.30 bits per heavy atom. The molecule has 2 aromatic heterocycles. The average molecular weight is 326 g/mol. The first-order valence-electron chi connectivity index (χ1n) is 7.20. The second-order valence-corrected chi connectivity index (χ2v) is 6.09. The topological polar surface area (TPSA) is 78.7 Å². The molecule has 2 heterocycles. The largest absolute Gasteiger partial charge is 0.350 e. The van der Waals surface area contributed by atoms with Crippen molar-refractivity contribution in [2.24, 2.45) is 0 Å². The van der Waals surface area contributed by atoms with Crippen LogP contribution in [-0.4, -0.2) is 21.6 Å². The zero-order valence-corrected chi connectivity index (χ0v) is 14.2. The van der Waals surface area contributed by atoms with Crippen LogP contribution in [0.1, 0.15) is 28.1 Å². The minimum Gasteiger partial charge on any atom is -0.350 e. The number of nitrogens with zero attached hydrogens (tertiary/aromatic N) is 3. The molecule has 1 amide bonds. The van der Waals surface area contributed by atoms with Crippen LogP contribution in [-0.2, 0) is 11.3 Å². The van der Waals surface area contributed by atoms with Gasteiger partial charge in [0.1, 0.15) is 11.1 Å². The minimum absolute atomic E-state index is 0.109. The van der Waals surface area contributed by atoms with Crippen molar-refractivity contribution in [2.45, 2.75) is 32.3 Å². The molecule has 118 valence electrons. The van der Waals surface area contributed by atoms with Crippen molar-refractivity contribution < 1.29 is 4.79 Å². The normalized spacial score (nSPS) is 10.2. The molecule has 0 aliphatic rings. The molecule has 1 N–H and O–H groups in total. The lowest BCUT2D eigenvalue weighted by Gasteiger charge is -2.11. The van der Waals surface area contributed by atoms with Gasteiger partial charge < -0.3 is 5.32 Å². The van der Waals surface area contributed by atoms with Crippen LogP contribution in [0.15, 0.2) is 29.4 Å². The summed E-state index contributed by atoms with van der Waals surface area (Å²) in [4.78, 5) is 20.6. The summed E-state index contributed by atoms with van der Waals surface area (Å²) < 4.78 is 0. The van der Waals surface area contributed by atoms with E-state index in [0.717, 1.165) is 22.5 Å². The number of pyridine rings is 2. The minimum atomic E-state index is -0.109. The van der Waals surface area contributed by atoms with Gasteiger partial charge in [-0.3, -0.25) is 9.78 Å². The summed E-state index contributed by atoms with van der Waals surface area (Å²) in [6, 6.07) is 7.76. The van der Waals surface area contributed by atoms with Gasteiger partial charge in [0.15, 0.2) is 0 Å². The molecule has 0 aliphatic carbocycles. The van der Waals surface area contributed by atoms with Crippen LogP contribution in [0.5, 0.6) is 0 Å².